The summed E-state index contributed by atoms with van der Waals surface area (Å²) in [6.07, 6.45) is 1.77. The molecule has 104 valence electrons. The number of aryl methyl sites for hydroxylation is 1. The molecule has 0 unspecified atom stereocenters. The van der Waals surface area contributed by atoms with E-state index in [4.69, 9.17) is 23.2 Å². The van der Waals surface area contributed by atoms with Crippen LogP contribution in [0.5, 0.6) is 0 Å². The molecule has 1 heterocycles. The Morgan fingerprint density at radius 2 is 1.95 bits per heavy atom. The van der Waals surface area contributed by atoms with Crippen molar-refractivity contribution in [2.45, 2.75) is 11.9 Å². The summed E-state index contributed by atoms with van der Waals surface area (Å²) in [7, 11) is 0. The Bertz CT molecular complexity index is 597. The van der Waals surface area contributed by atoms with Gasteiger partial charge in [-0.05, 0) is 30.7 Å². The van der Waals surface area contributed by atoms with E-state index in [1.807, 2.05) is 19.1 Å². The molecule has 3 nitrogen and oxygen atoms in total. The van der Waals surface area contributed by atoms with Crippen molar-refractivity contribution in [3.05, 3.63) is 52.1 Å². The van der Waals surface area contributed by atoms with Crippen molar-refractivity contribution >= 4 is 46.6 Å². The summed E-state index contributed by atoms with van der Waals surface area (Å²) < 4.78 is 0. The third-order valence-corrected chi connectivity index (χ3v) is 4.04. The second-order valence-corrected chi connectivity index (χ2v) is 5.92. The molecule has 0 saturated heterocycles. The van der Waals surface area contributed by atoms with Gasteiger partial charge >= 0.3 is 0 Å². The lowest BCUT2D eigenvalue weighted by molar-refractivity contribution is -0.113. The zero-order chi connectivity index (χ0) is 14.5. The van der Waals surface area contributed by atoms with Crippen molar-refractivity contribution in [1.82, 2.24) is 4.98 Å². The van der Waals surface area contributed by atoms with E-state index < -0.39 is 0 Å². The van der Waals surface area contributed by atoms with Gasteiger partial charge < -0.3 is 5.32 Å². The van der Waals surface area contributed by atoms with Gasteiger partial charge in [-0.3, -0.25) is 4.79 Å². The Morgan fingerprint density at radius 1 is 1.25 bits per heavy atom. The highest BCUT2D eigenvalue weighted by atomic mass is 35.5. The fraction of sp³-hybridized carbons (Fsp3) is 0.143. The average molecular weight is 327 g/mol. The maximum absolute atomic E-state index is 11.9. The normalized spacial score (nSPS) is 10.3. The highest BCUT2D eigenvalue weighted by molar-refractivity contribution is 7.99. The molecule has 1 aromatic carbocycles. The lowest BCUT2D eigenvalue weighted by atomic mass is 10.3. The number of rotatable bonds is 4. The Hall–Kier alpha value is -1.23. The van der Waals surface area contributed by atoms with Gasteiger partial charge in [0.25, 0.3) is 0 Å². The van der Waals surface area contributed by atoms with Crippen LogP contribution in [0, 0.1) is 6.92 Å². The Balaban J connectivity index is 1.94. The predicted octanol–water partition coefficient (Wildman–Crippen LogP) is 4.43. The summed E-state index contributed by atoms with van der Waals surface area (Å²) in [5.41, 5.74) is 1.53. The van der Waals surface area contributed by atoms with E-state index in [1.165, 1.54) is 11.8 Å². The fourth-order valence-corrected chi connectivity index (χ4v) is 2.61. The van der Waals surface area contributed by atoms with Crippen molar-refractivity contribution in [1.29, 1.82) is 0 Å². The molecule has 6 heteroatoms. The van der Waals surface area contributed by atoms with E-state index in [9.17, 15) is 4.79 Å². The molecule has 2 rings (SSSR count). The van der Waals surface area contributed by atoms with E-state index in [2.05, 4.69) is 10.3 Å². The summed E-state index contributed by atoms with van der Waals surface area (Å²) >= 11 is 13.3. The summed E-state index contributed by atoms with van der Waals surface area (Å²) in [5, 5.41) is 4.35. The molecule has 0 aliphatic carbocycles. The van der Waals surface area contributed by atoms with E-state index in [0.29, 0.717) is 15.7 Å². The predicted molar refractivity (Wildman–Crippen MR) is 84.8 cm³/mol. The van der Waals surface area contributed by atoms with Crippen molar-refractivity contribution in [2.75, 3.05) is 11.1 Å². The lowest BCUT2D eigenvalue weighted by Crippen LogP contribution is -2.14. The van der Waals surface area contributed by atoms with Crippen LogP contribution in [0.2, 0.25) is 10.0 Å². The molecule has 0 atom stereocenters. The number of carbonyl (C=O) groups is 1. The first-order chi connectivity index (χ1) is 9.56. The van der Waals surface area contributed by atoms with Gasteiger partial charge in [-0.2, -0.15) is 0 Å². The number of nitrogens with zero attached hydrogens (tertiary/aromatic N) is 1. The average Bonchev–Trinajstić information content (AvgIpc) is 2.42. The van der Waals surface area contributed by atoms with Crippen LogP contribution in [0.3, 0.4) is 0 Å². The monoisotopic (exact) mass is 326 g/mol. The number of halogens is 2. The molecule has 0 bridgehead atoms. The number of carbonyl (C=O) groups excluding carboxylic acids is 1. The molecular weight excluding hydrogens is 315 g/mol. The van der Waals surface area contributed by atoms with Crippen molar-refractivity contribution < 1.29 is 4.79 Å². The first-order valence-electron chi connectivity index (χ1n) is 5.85. The number of anilines is 1. The number of amides is 1. The van der Waals surface area contributed by atoms with Gasteiger partial charge in [0.2, 0.25) is 5.91 Å². The zero-order valence-corrected chi connectivity index (χ0v) is 13.0. The summed E-state index contributed by atoms with van der Waals surface area (Å²) in [6.45, 7) is 1.97. The maximum atomic E-state index is 11.9. The first kappa shape index (κ1) is 15.2. The van der Waals surface area contributed by atoms with Crippen LogP contribution < -0.4 is 5.32 Å². The van der Waals surface area contributed by atoms with Gasteiger partial charge in [-0.1, -0.05) is 47.1 Å². The van der Waals surface area contributed by atoms with Crippen molar-refractivity contribution in [3.63, 3.8) is 0 Å². The second kappa shape index (κ2) is 6.97. The quantitative estimate of drug-likeness (QED) is 0.845. The topological polar surface area (TPSA) is 42.0 Å². The minimum Gasteiger partial charge on any atom is -0.323 e. The standard InChI is InChI=1S/C14H12Cl2N2OS/c1-9-5-6-13(17-7-9)20-8-12(19)18-14-10(15)3-2-4-11(14)16/h2-7H,8H2,1H3,(H,18,19). The molecule has 0 saturated carbocycles. The summed E-state index contributed by atoms with van der Waals surface area (Å²) in [4.78, 5) is 16.1. The first-order valence-corrected chi connectivity index (χ1v) is 7.60. The molecular formula is C14H12Cl2N2OS. The molecule has 20 heavy (non-hydrogen) atoms. The molecule has 1 amide bonds. The Labute approximate surface area is 131 Å². The van der Waals surface area contributed by atoms with Gasteiger partial charge in [-0.15, -0.1) is 0 Å². The van der Waals surface area contributed by atoms with Crippen LogP contribution in [-0.2, 0) is 4.79 Å². The van der Waals surface area contributed by atoms with Crippen LogP contribution in [0.25, 0.3) is 0 Å². The van der Waals surface area contributed by atoms with Crippen LogP contribution >= 0.6 is 35.0 Å². The molecule has 0 fully saturated rings. The van der Waals surface area contributed by atoms with E-state index >= 15 is 0 Å². The summed E-state index contributed by atoms with van der Waals surface area (Å²) in [6, 6.07) is 8.93. The van der Waals surface area contributed by atoms with Gasteiger partial charge in [0, 0.05) is 6.20 Å². The molecule has 2 aromatic rings. The van der Waals surface area contributed by atoms with E-state index in [-0.39, 0.29) is 11.7 Å². The third kappa shape index (κ3) is 4.13. The molecule has 0 radical (unpaired) electrons. The van der Waals surface area contributed by atoms with Gasteiger partial charge in [0.05, 0.1) is 26.5 Å². The second-order valence-electron chi connectivity index (χ2n) is 4.11. The number of thioether (sulfide) groups is 1. The number of pyridine rings is 1. The molecule has 1 N–H and O–H groups in total. The maximum Gasteiger partial charge on any atom is 0.234 e. The minimum atomic E-state index is -0.174. The van der Waals surface area contributed by atoms with E-state index in [1.54, 1.807) is 24.4 Å². The molecule has 0 aliphatic heterocycles. The number of para-hydroxylation sites is 1. The third-order valence-electron chi connectivity index (χ3n) is 2.46. The Morgan fingerprint density at radius 3 is 2.55 bits per heavy atom. The highest BCUT2D eigenvalue weighted by Gasteiger charge is 2.10. The van der Waals surface area contributed by atoms with Crippen LogP contribution in [0.4, 0.5) is 5.69 Å². The smallest absolute Gasteiger partial charge is 0.234 e. The molecule has 1 aromatic heterocycles. The number of benzene rings is 1. The van der Waals surface area contributed by atoms with Gasteiger partial charge in [0.1, 0.15) is 0 Å². The van der Waals surface area contributed by atoms with Gasteiger partial charge in [-0.25, -0.2) is 4.98 Å². The summed E-state index contributed by atoms with van der Waals surface area (Å²) in [5.74, 6) is 0.0739. The highest BCUT2D eigenvalue weighted by Crippen LogP contribution is 2.30. The number of hydrogen-bond acceptors (Lipinski definition) is 3. The number of hydrogen-bond donors (Lipinski definition) is 1. The SMILES string of the molecule is Cc1ccc(SCC(=O)Nc2c(Cl)cccc2Cl)nc1. The molecule has 0 spiro atoms. The van der Waals surface area contributed by atoms with E-state index in [0.717, 1.165) is 10.6 Å². The number of aromatic nitrogens is 1. The lowest BCUT2D eigenvalue weighted by Gasteiger charge is -2.08. The fourth-order valence-electron chi connectivity index (χ4n) is 1.47. The minimum absolute atomic E-state index is 0.174. The largest absolute Gasteiger partial charge is 0.323 e. The van der Waals surface area contributed by atoms with Crippen LogP contribution in [-0.4, -0.2) is 16.6 Å². The number of nitrogens with one attached hydrogen (secondary N) is 1. The van der Waals surface area contributed by atoms with Gasteiger partial charge in [0.15, 0.2) is 0 Å². The van der Waals surface area contributed by atoms with Crippen molar-refractivity contribution in [2.24, 2.45) is 0 Å². The Kier molecular flexibility index (Phi) is 5.29. The van der Waals surface area contributed by atoms with Crippen LogP contribution in [0.1, 0.15) is 5.56 Å². The molecule has 0 aliphatic rings. The van der Waals surface area contributed by atoms with Crippen LogP contribution in [0.15, 0.2) is 41.6 Å². The zero-order valence-electron chi connectivity index (χ0n) is 10.7. The van der Waals surface area contributed by atoms with Crippen molar-refractivity contribution in [3.8, 4) is 0 Å².